The van der Waals surface area contributed by atoms with Crippen LogP contribution in [-0.4, -0.2) is 33.4 Å². The van der Waals surface area contributed by atoms with Gasteiger partial charge in [-0.25, -0.2) is 0 Å². The van der Waals surface area contributed by atoms with Crippen molar-refractivity contribution in [1.29, 1.82) is 0 Å². The van der Waals surface area contributed by atoms with Crippen LogP contribution in [0.2, 0.25) is 0 Å². The predicted octanol–water partition coefficient (Wildman–Crippen LogP) is 3.26. The Morgan fingerprint density at radius 3 is 2.61 bits per heavy atom. The summed E-state index contributed by atoms with van der Waals surface area (Å²) in [4.78, 5) is 12.3. The van der Waals surface area contributed by atoms with E-state index in [1.807, 2.05) is 26.0 Å². The van der Waals surface area contributed by atoms with Gasteiger partial charge in [0.05, 0.1) is 13.7 Å². The Morgan fingerprint density at radius 2 is 1.91 bits per heavy atom. The fourth-order valence-electron chi connectivity index (χ4n) is 3.88. The van der Waals surface area contributed by atoms with Gasteiger partial charge in [0, 0.05) is 19.4 Å². The number of carbonyl (C=O) groups is 1. The van der Waals surface area contributed by atoms with Crippen LogP contribution in [0.4, 0.5) is 0 Å². The van der Waals surface area contributed by atoms with Gasteiger partial charge < -0.3 is 14.2 Å². The lowest BCUT2D eigenvalue weighted by atomic mass is 9.75. The molecule has 4 heteroatoms. The number of Topliss-reactive ketones (excluding diaryl/α,β-unsaturated/α-hetero) is 1. The predicted molar refractivity (Wildman–Crippen MR) is 89.7 cm³/mol. The zero-order valence-electron chi connectivity index (χ0n) is 14.6. The van der Waals surface area contributed by atoms with Gasteiger partial charge in [-0.3, -0.25) is 4.79 Å². The topological polar surface area (TPSA) is 44.8 Å². The lowest BCUT2D eigenvalue weighted by molar-refractivity contribution is -0.125. The normalized spacial score (nSPS) is 25.2. The van der Waals surface area contributed by atoms with Crippen LogP contribution in [0.15, 0.2) is 18.2 Å². The number of hydrogen-bond acceptors (Lipinski definition) is 4. The molecule has 3 atom stereocenters. The van der Waals surface area contributed by atoms with Gasteiger partial charge in [-0.1, -0.05) is 26.0 Å². The molecule has 0 N–H and O–H groups in total. The summed E-state index contributed by atoms with van der Waals surface area (Å²) < 4.78 is 15.8. The molecule has 1 aromatic rings. The van der Waals surface area contributed by atoms with E-state index in [4.69, 9.17) is 14.2 Å². The molecule has 0 aliphatic heterocycles. The van der Waals surface area contributed by atoms with Gasteiger partial charge in [-0.2, -0.15) is 0 Å². The van der Waals surface area contributed by atoms with E-state index in [9.17, 15) is 4.79 Å². The van der Waals surface area contributed by atoms with E-state index in [1.165, 1.54) is 11.1 Å². The Kier molecular flexibility index (Phi) is 6.60. The van der Waals surface area contributed by atoms with Gasteiger partial charge in [-0.15, -0.1) is 0 Å². The second-order valence-electron chi connectivity index (χ2n) is 5.98. The Balaban J connectivity index is 0.000000924. The first-order valence-electron chi connectivity index (χ1n) is 8.48. The quantitative estimate of drug-likeness (QED) is 0.617. The molecule has 0 amide bonds. The molecule has 1 fully saturated rings. The molecule has 0 radical (unpaired) electrons. The number of fused-ring (bicyclic) bond motifs is 2. The molecule has 0 aromatic heterocycles. The lowest BCUT2D eigenvalue weighted by Crippen LogP contribution is -2.29. The monoisotopic (exact) mass is 320 g/mol. The van der Waals surface area contributed by atoms with Crippen molar-refractivity contribution in [3.63, 3.8) is 0 Å². The van der Waals surface area contributed by atoms with Crippen LogP contribution in [0.25, 0.3) is 0 Å². The number of ketones is 1. The smallest absolute Gasteiger partial charge is 0.146 e. The van der Waals surface area contributed by atoms with E-state index in [-0.39, 0.29) is 12.7 Å². The second-order valence-corrected chi connectivity index (χ2v) is 5.98. The van der Waals surface area contributed by atoms with Crippen LogP contribution in [0.1, 0.15) is 31.4 Å². The van der Waals surface area contributed by atoms with Crippen molar-refractivity contribution in [2.75, 3.05) is 27.6 Å². The highest BCUT2D eigenvalue weighted by atomic mass is 16.7. The van der Waals surface area contributed by atoms with Gasteiger partial charge in [0.2, 0.25) is 0 Å². The highest BCUT2D eigenvalue weighted by Crippen LogP contribution is 2.45. The van der Waals surface area contributed by atoms with Crippen molar-refractivity contribution in [1.82, 2.24) is 0 Å². The molecule has 1 saturated carbocycles. The summed E-state index contributed by atoms with van der Waals surface area (Å²) in [7, 11) is 3.31. The van der Waals surface area contributed by atoms with Crippen molar-refractivity contribution in [3.05, 3.63) is 29.3 Å². The van der Waals surface area contributed by atoms with Gasteiger partial charge in [0.25, 0.3) is 0 Å². The molecule has 3 rings (SSSR count). The molecule has 0 bridgehead atoms. The summed E-state index contributed by atoms with van der Waals surface area (Å²) in [5.41, 5.74) is 2.61. The lowest BCUT2D eigenvalue weighted by Gasteiger charge is -2.31. The SMILES string of the molecule is CC.COCOCC1C(=O)C[C@@H]2Cc3c(cccc3OC)C[C@H]12. The first-order valence-corrected chi connectivity index (χ1v) is 8.48. The number of hydrogen-bond donors (Lipinski definition) is 0. The number of rotatable bonds is 5. The number of carbonyl (C=O) groups excluding carboxylic acids is 1. The third kappa shape index (κ3) is 3.75. The highest BCUT2D eigenvalue weighted by molar-refractivity contribution is 5.84. The van der Waals surface area contributed by atoms with E-state index >= 15 is 0 Å². The van der Waals surface area contributed by atoms with Gasteiger partial charge in [0.15, 0.2) is 0 Å². The summed E-state index contributed by atoms with van der Waals surface area (Å²) in [6.07, 6.45) is 2.56. The minimum Gasteiger partial charge on any atom is -0.496 e. The van der Waals surface area contributed by atoms with E-state index in [1.54, 1.807) is 14.2 Å². The molecule has 4 nitrogen and oxygen atoms in total. The van der Waals surface area contributed by atoms with Crippen molar-refractivity contribution in [3.8, 4) is 5.75 Å². The Morgan fingerprint density at radius 1 is 1.13 bits per heavy atom. The van der Waals surface area contributed by atoms with Gasteiger partial charge >= 0.3 is 0 Å². The van der Waals surface area contributed by atoms with Crippen LogP contribution >= 0.6 is 0 Å². The summed E-state index contributed by atoms with van der Waals surface area (Å²) >= 11 is 0. The van der Waals surface area contributed by atoms with Crippen molar-refractivity contribution in [2.24, 2.45) is 17.8 Å². The molecular weight excluding hydrogens is 292 g/mol. The van der Waals surface area contributed by atoms with Crippen LogP contribution in [0.3, 0.4) is 0 Å². The molecule has 2 aliphatic carbocycles. The average molecular weight is 320 g/mol. The van der Waals surface area contributed by atoms with Crippen LogP contribution < -0.4 is 4.74 Å². The molecule has 0 heterocycles. The van der Waals surface area contributed by atoms with E-state index in [0.29, 0.717) is 30.6 Å². The third-order valence-electron chi connectivity index (χ3n) is 4.87. The Hall–Kier alpha value is -1.39. The standard InChI is InChI=1S/C17H22O4.C2H6/c1-19-10-21-9-15-13-6-11-4-3-5-17(20-2)14(11)7-12(13)8-16(15)18;1-2/h3-5,12-13,15H,6-10H2,1-2H3;1-2H3/t12-,13-,15?;/m0./s1. The van der Waals surface area contributed by atoms with Crippen LogP contribution in [0, 0.1) is 17.8 Å². The maximum atomic E-state index is 12.3. The summed E-state index contributed by atoms with van der Waals surface area (Å²) in [6.45, 7) is 4.73. The number of benzene rings is 1. The molecule has 128 valence electrons. The zero-order valence-corrected chi connectivity index (χ0v) is 14.6. The molecule has 1 unspecified atom stereocenters. The zero-order chi connectivity index (χ0) is 16.8. The van der Waals surface area contributed by atoms with Crippen LogP contribution in [-0.2, 0) is 27.1 Å². The van der Waals surface area contributed by atoms with Crippen LogP contribution in [0.5, 0.6) is 5.75 Å². The average Bonchev–Trinajstić information content (AvgIpc) is 2.89. The summed E-state index contributed by atoms with van der Waals surface area (Å²) in [5, 5.41) is 0. The summed E-state index contributed by atoms with van der Waals surface area (Å²) in [6, 6.07) is 6.20. The third-order valence-corrected chi connectivity index (χ3v) is 4.87. The maximum Gasteiger partial charge on any atom is 0.146 e. The molecule has 0 saturated heterocycles. The molecule has 1 aromatic carbocycles. The van der Waals surface area contributed by atoms with Crippen molar-refractivity contribution >= 4 is 5.78 Å². The molecule has 23 heavy (non-hydrogen) atoms. The molecular formula is C19H28O4. The fourth-order valence-corrected chi connectivity index (χ4v) is 3.88. The molecule has 2 aliphatic rings. The largest absolute Gasteiger partial charge is 0.496 e. The van der Waals surface area contributed by atoms with E-state index in [0.717, 1.165) is 18.6 Å². The first-order chi connectivity index (χ1) is 11.2. The maximum absolute atomic E-state index is 12.3. The highest BCUT2D eigenvalue weighted by Gasteiger charge is 2.45. The number of ether oxygens (including phenoxy) is 3. The first kappa shape index (κ1) is 18.0. The molecule has 0 spiro atoms. The second kappa shape index (κ2) is 8.46. The Labute approximate surface area is 139 Å². The van der Waals surface area contributed by atoms with E-state index < -0.39 is 0 Å². The summed E-state index contributed by atoms with van der Waals surface area (Å²) in [5.74, 6) is 2.14. The van der Waals surface area contributed by atoms with Gasteiger partial charge in [-0.05, 0) is 41.9 Å². The number of methoxy groups -OCH3 is 2. The minimum atomic E-state index is 0.0181. The van der Waals surface area contributed by atoms with Crippen molar-refractivity contribution < 1.29 is 19.0 Å². The minimum absolute atomic E-state index is 0.0181. The van der Waals surface area contributed by atoms with E-state index in [2.05, 4.69) is 6.07 Å². The van der Waals surface area contributed by atoms with Gasteiger partial charge in [0.1, 0.15) is 18.3 Å². The van der Waals surface area contributed by atoms with Crippen molar-refractivity contribution in [2.45, 2.75) is 33.1 Å². The fraction of sp³-hybridized carbons (Fsp3) is 0.632. The Bertz CT molecular complexity index is 526.